The molecule has 0 atom stereocenters. The zero-order valence-electron chi connectivity index (χ0n) is 10.0. The predicted molar refractivity (Wildman–Crippen MR) is 64.8 cm³/mol. The summed E-state index contributed by atoms with van der Waals surface area (Å²) >= 11 is 0. The Hall–Kier alpha value is -0.830. The molecule has 0 aliphatic rings. The number of amides is 1. The van der Waals surface area contributed by atoms with Crippen LogP contribution in [0.2, 0.25) is 0 Å². The first-order chi connectivity index (χ1) is 7.24. The van der Waals surface area contributed by atoms with Crippen LogP contribution in [0.15, 0.2) is 12.7 Å². The van der Waals surface area contributed by atoms with E-state index >= 15 is 0 Å². The van der Waals surface area contributed by atoms with Crippen LogP contribution in [0.4, 0.5) is 0 Å². The molecule has 0 bridgehead atoms. The maximum absolute atomic E-state index is 11.3. The van der Waals surface area contributed by atoms with Crippen molar-refractivity contribution >= 4 is 5.91 Å². The van der Waals surface area contributed by atoms with Gasteiger partial charge >= 0.3 is 0 Å². The van der Waals surface area contributed by atoms with Crippen molar-refractivity contribution in [2.45, 2.75) is 45.6 Å². The van der Waals surface area contributed by atoms with Crippen LogP contribution in [0.1, 0.15) is 39.5 Å². The molecular weight excluding hydrogens is 188 g/mol. The molecule has 0 aliphatic heterocycles. The molecule has 0 spiro atoms. The molecule has 3 nitrogen and oxygen atoms in total. The summed E-state index contributed by atoms with van der Waals surface area (Å²) in [6, 6.07) is 0.481. The third-order valence-electron chi connectivity index (χ3n) is 2.27. The Morgan fingerprint density at radius 1 is 1.33 bits per heavy atom. The van der Waals surface area contributed by atoms with Crippen LogP contribution in [0.5, 0.6) is 0 Å². The van der Waals surface area contributed by atoms with Gasteiger partial charge in [-0.1, -0.05) is 32.8 Å². The van der Waals surface area contributed by atoms with Crippen molar-refractivity contribution in [3.05, 3.63) is 12.7 Å². The smallest absolute Gasteiger partial charge is 0.234 e. The lowest BCUT2D eigenvalue weighted by atomic mass is 10.1. The summed E-state index contributed by atoms with van der Waals surface area (Å²) in [6.07, 6.45) is 6.29. The lowest BCUT2D eigenvalue weighted by Crippen LogP contribution is -2.39. The van der Waals surface area contributed by atoms with Gasteiger partial charge in [0.05, 0.1) is 6.54 Å². The zero-order chi connectivity index (χ0) is 11.5. The molecule has 15 heavy (non-hydrogen) atoms. The quantitative estimate of drug-likeness (QED) is 0.573. The predicted octanol–water partition coefficient (Wildman–Crippen LogP) is 1.85. The Kier molecular flexibility index (Phi) is 9.18. The molecule has 2 N–H and O–H groups in total. The summed E-state index contributed by atoms with van der Waals surface area (Å²) in [7, 11) is 0. The fraction of sp³-hybridized carbons (Fsp3) is 0.750. The minimum absolute atomic E-state index is 0.0482. The number of nitrogens with one attached hydrogen (secondary N) is 2. The van der Waals surface area contributed by atoms with E-state index in [-0.39, 0.29) is 5.91 Å². The highest BCUT2D eigenvalue weighted by Crippen LogP contribution is 2.03. The highest BCUT2D eigenvalue weighted by atomic mass is 16.1. The van der Waals surface area contributed by atoms with Gasteiger partial charge in [-0.3, -0.25) is 4.79 Å². The molecule has 0 aromatic heterocycles. The SMILES string of the molecule is C=CCNC(=O)CNC(CCC)CCC. The van der Waals surface area contributed by atoms with Gasteiger partial charge in [0.25, 0.3) is 0 Å². The van der Waals surface area contributed by atoms with E-state index in [0.717, 1.165) is 25.7 Å². The number of hydrogen-bond acceptors (Lipinski definition) is 2. The summed E-state index contributed by atoms with van der Waals surface area (Å²) in [5, 5.41) is 6.04. The highest BCUT2D eigenvalue weighted by molar-refractivity contribution is 5.78. The van der Waals surface area contributed by atoms with E-state index in [2.05, 4.69) is 31.1 Å². The van der Waals surface area contributed by atoms with E-state index < -0.39 is 0 Å². The molecule has 3 heteroatoms. The van der Waals surface area contributed by atoms with Gasteiger partial charge in [0, 0.05) is 12.6 Å². The van der Waals surface area contributed by atoms with Gasteiger partial charge in [0.15, 0.2) is 0 Å². The minimum atomic E-state index is 0.0482. The third kappa shape index (κ3) is 8.18. The van der Waals surface area contributed by atoms with Crippen molar-refractivity contribution < 1.29 is 4.79 Å². The molecule has 0 radical (unpaired) electrons. The Bertz CT molecular complexity index is 174. The summed E-state index contributed by atoms with van der Waals surface area (Å²) < 4.78 is 0. The van der Waals surface area contributed by atoms with Crippen molar-refractivity contribution in [1.29, 1.82) is 0 Å². The monoisotopic (exact) mass is 212 g/mol. The molecule has 0 aromatic rings. The molecule has 0 aromatic carbocycles. The molecule has 1 amide bonds. The summed E-state index contributed by atoms with van der Waals surface area (Å²) in [6.45, 7) is 8.85. The second kappa shape index (κ2) is 9.71. The first-order valence-electron chi connectivity index (χ1n) is 5.85. The minimum Gasteiger partial charge on any atom is -0.352 e. The average Bonchev–Trinajstić information content (AvgIpc) is 2.23. The normalized spacial score (nSPS) is 10.3. The molecule has 0 saturated heterocycles. The Labute approximate surface area is 93.3 Å². The van der Waals surface area contributed by atoms with Gasteiger partial charge < -0.3 is 10.6 Å². The van der Waals surface area contributed by atoms with Crippen molar-refractivity contribution in [1.82, 2.24) is 10.6 Å². The van der Waals surface area contributed by atoms with Crippen LogP contribution in [-0.2, 0) is 4.79 Å². The van der Waals surface area contributed by atoms with Gasteiger partial charge in [-0.15, -0.1) is 6.58 Å². The number of rotatable bonds is 9. The van der Waals surface area contributed by atoms with Crippen molar-refractivity contribution in [3.8, 4) is 0 Å². The number of carbonyl (C=O) groups is 1. The van der Waals surface area contributed by atoms with E-state index in [1.807, 2.05) is 0 Å². The van der Waals surface area contributed by atoms with Gasteiger partial charge in [-0.2, -0.15) is 0 Å². The second-order valence-corrected chi connectivity index (χ2v) is 3.75. The van der Waals surface area contributed by atoms with Crippen molar-refractivity contribution in [2.24, 2.45) is 0 Å². The maximum Gasteiger partial charge on any atom is 0.234 e. The Balaban J connectivity index is 3.66. The molecule has 0 fully saturated rings. The molecule has 0 heterocycles. The standard InChI is InChI=1S/C12H24N2O/c1-4-7-11(8-5-2)14-10-12(15)13-9-6-3/h6,11,14H,3-5,7-10H2,1-2H3,(H,13,15). The van der Waals surface area contributed by atoms with Gasteiger partial charge in [-0.05, 0) is 12.8 Å². The highest BCUT2D eigenvalue weighted by Gasteiger charge is 2.07. The summed E-state index contributed by atoms with van der Waals surface area (Å²) in [5.41, 5.74) is 0. The summed E-state index contributed by atoms with van der Waals surface area (Å²) in [5.74, 6) is 0.0482. The fourth-order valence-electron chi connectivity index (χ4n) is 1.53. The second-order valence-electron chi connectivity index (χ2n) is 3.75. The van der Waals surface area contributed by atoms with E-state index in [1.165, 1.54) is 0 Å². The van der Waals surface area contributed by atoms with Crippen LogP contribution >= 0.6 is 0 Å². The molecule has 0 rings (SSSR count). The third-order valence-corrected chi connectivity index (χ3v) is 2.27. The first-order valence-corrected chi connectivity index (χ1v) is 5.85. The van der Waals surface area contributed by atoms with E-state index in [1.54, 1.807) is 6.08 Å². The maximum atomic E-state index is 11.3. The molecule has 0 aliphatic carbocycles. The Morgan fingerprint density at radius 3 is 2.40 bits per heavy atom. The fourth-order valence-corrected chi connectivity index (χ4v) is 1.53. The molecule has 88 valence electrons. The van der Waals surface area contributed by atoms with Crippen LogP contribution in [0.3, 0.4) is 0 Å². The van der Waals surface area contributed by atoms with E-state index in [9.17, 15) is 4.79 Å². The zero-order valence-corrected chi connectivity index (χ0v) is 10.0. The van der Waals surface area contributed by atoms with Crippen molar-refractivity contribution in [2.75, 3.05) is 13.1 Å². The molecular formula is C12H24N2O. The van der Waals surface area contributed by atoms with Crippen LogP contribution in [0, 0.1) is 0 Å². The first kappa shape index (κ1) is 14.2. The lowest BCUT2D eigenvalue weighted by molar-refractivity contribution is -0.120. The van der Waals surface area contributed by atoms with Crippen molar-refractivity contribution in [3.63, 3.8) is 0 Å². The number of carbonyl (C=O) groups excluding carboxylic acids is 1. The van der Waals surface area contributed by atoms with Gasteiger partial charge in [-0.25, -0.2) is 0 Å². The lowest BCUT2D eigenvalue weighted by Gasteiger charge is -2.16. The largest absolute Gasteiger partial charge is 0.352 e. The van der Waals surface area contributed by atoms with Gasteiger partial charge in [0.1, 0.15) is 0 Å². The van der Waals surface area contributed by atoms with Crippen LogP contribution < -0.4 is 10.6 Å². The van der Waals surface area contributed by atoms with Crippen LogP contribution in [-0.4, -0.2) is 25.0 Å². The number of hydrogen-bond donors (Lipinski definition) is 2. The average molecular weight is 212 g/mol. The summed E-state index contributed by atoms with van der Waals surface area (Å²) in [4.78, 5) is 11.3. The topological polar surface area (TPSA) is 41.1 Å². The van der Waals surface area contributed by atoms with E-state index in [0.29, 0.717) is 19.1 Å². The van der Waals surface area contributed by atoms with Gasteiger partial charge in [0.2, 0.25) is 5.91 Å². The van der Waals surface area contributed by atoms with Crippen LogP contribution in [0.25, 0.3) is 0 Å². The molecule has 0 unspecified atom stereocenters. The molecule has 0 saturated carbocycles. The van der Waals surface area contributed by atoms with E-state index in [4.69, 9.17) is 0 Å². The Morgan fingerprint density at radius 2 is 1.93 bits per heavy atom.